The molecular weight excluding hydrogens is 220 g/mol. The van der Waals surface area contributed by atoms with Crippen molar-refractivity contribution in [2.75, 3.05) is 12.0 Å². The molecule has 2 rings (SSSR count). The topological polar surface area (TPSA) is 69.9 Å². The van der Waals surface area contributed by atoms with Crippen molar-refractivity contribution in [3.63, 3.8) is 0 Å². The Labute approximate surface area is 98.6 Å². The number of hydrogen-bond acceptors (Lipinski definition) is 4. The molecule has 1 aromatic carbocycles. The van der Waals surface area contributed by atoms with Crippen LogP contribution in [-0.2, 0) is 6.54 Å². The Hall–Kier alpha value is -1.46. The Morgan fingerprint density at radius 2 is 2.00 bits per heavy atom. The molecule has 4 nitrogen and oxygen atoms in total. The summed E-state index contributed by atoms with van der Waals surface area (Å²) in [6, 6.07) is 9.80. The van der Waals surface area contributed by atoms with Gasteiger partial charge in [0.25, 0.3) is 0 Å². The first-order valence-corrected chi connectivity index (χ1v) is 6.17. The highest BCUT2D eigenvalue weighted by molar-refractivity contribution is 7.98. The predicted molar refractivity (Wildman–Crippen MR) is 67.6 cm³/mol. The number of hydrogen-bond donors (Lipinski definition) is 2. The molecule has 0 bridgehead atoms. The summed E-state index contributed by atoms with van der Waals surface area (Å²) in [7, 11) is 0. The van der Waals surface area contributed by atoms with E-state index in [0.29, 0.717) is 12.4 Å². The number of nitrogens with zero attached hydrogens (tertiary/aromatic N) is 2. The minimum atomic E-state index is 0.412. The van der Waals surface area contributed by atoms with Gasteiger partial charge in [0.05, 0.1) is 5.69 Å². The molecule has 0 unspecified atom stereocenters. The Morgan fingerprint density at radius 1 is 1.31 bits per heavy atom. The van der Waals surface area contributed by atoms with Crippen molar-refractivity contribution in [2.24, 2.45) is 5.73 Å². The van der Waals surface area contributed by atoms with Crippen molar-refractivity contribution in [2.45, 2.75) is 11.6 Å². The van der Waals surface area contributed by atoms with E-state index in [9.17, 15) is 0 Å². The fourth-order valence-corrected chi connectivity index (χ4v) is 2.16. The van der Waals surface area contributed by atoms with E-state index in [1.165, 1.54) is 0 Å². The second-order valence-corrected chi connectivity index (χ2v) is 4.12. The molecule has 84 valence electrons. The standard InChI is InChI=1S/C11H14N4S/c1-16-11-9(7-12)10(13)15(14-11)8-5-3-2-4-6-8/h2-6H,7,12-13H2,1H3. The number of aromatic nitrogens is 2. The van der Waals surface area contributed by atoms with Crippen LogP contribution < -0.4 is 11.5 Å². The number of nitrogens with two attached hydrogens (primary N) is 2. The number of benzene rings is 1. The van der Waals surface area contributed by atoms with Gasteiger partial charge in [-0.2, -0.15) is 5.10 Å². The van der Waals surface area contributed by atoms with Crippen molar-refractivity contribution in [1.29, 1.82) is 0 Å². The van der Waals surface area contributed by atoms with Gasteiger partial charge in [-0.1, -0.05) is 18.2 Å². The van der Waals surface area contributed by atoms with Crippen LogP contribution >= 0.6 is 11.8 Å². The molecule has 16 heavy (non-hydrogen) atoms. The summed E-state index contributed by atoms with van der Waals surface area (Å²) in [5.41, 5.74) is 13.6. The van der Waals surface area contributed by atoms with Crippen molar-refractivity contribution in [3.05, 3.63) is 35.9 Å². The zero-order valence-electron chi connectivity index (χ0n) is 9.05. The number of thioether (sulfide) groups is 1. The largest absolute Gasteiger partial charge is 0.383 e. The molecule has 0 saturated heterocycles. The molecule has 1 aromatic heterocycles. The van der Waals surface area contributed by atoms with Gasteiger partial charge in [-0.15, -0.1) is 11.8 Å². The number of para-hydroxylation sites is 1. The van der Waals surface area contributed by atoms with E-state index >= 15 is 0 Å². The number of rotatable bonds is 3. The summed E-state index contributed by atoms with van der Waals surface area (Å²) in [6.07, 6.45) is 1.97. The second kappa shape index (κ2) is 4.59. The van der Waals surface area contributed by atoms with Gasteiger partial charge in [0.15, 0.2) is 0 Å². The Balaban J connectivity index is 2.54. The van der Waals surface area contributed by atoms with Gasteiger partial charge in [0.2, 0.25) is 0 Å². The zero-order valence-corrected chi connectivity index (χ0v) is 9.87. The van der Waals surface area contributed by atoms with Crippen molar-refractivity contribution in [3.8, 4) is 5.69 Å². The highest BCUT2D eigenvalue weighted by Crippen LogP contribution is 2.26. The normalized spacial score (nSPS) is 10.6. The summed E-state index contributed by atoms with van der Waals surface area (Å²) < 4.78 is 1.73. The lowest BCUT2D eigenvalue weighted by Gasteiger charge is -2.03. The molecule has 0 aliphatic heterocycles. The van der Waals surface area contributed by atoms with Crippen molar-refractivity contribution >= 4 is 17.6 Å². The first-order valence-electron chi connectivity index (χ1n) is 4.94. The Kier molecular flexibility index (Phi) is 3.17. The zero-order chi connectivity index (χ0) is 11.5. The van der Waals surface area contributed by atoms with Crippen LogP contribution in [0.3, 0.4) is 0 Å². The highest BCUT2D eigenvalue weighted by atomic mass is 32.2. The Bertz CT molecular complexity index is 478. The molecule has 0 spiro atoms. The first-order chi connectivity index (χ1) is 7.77. The predicted octanol–water partition coefficient (Wildman–Crippen LogP) is 1.64. The van der Waals surface area contributed by atoms with Gasteiger partial charge in [-0.3, -0.25) is 0 Å². The minimum absolute atomic E-state index is 0.412. The summed E-state index contributed by atoms with van der Waals surface area (Å²) in [5.74, 6) is 0.623. The van der Waals surface area contributed by atoms with Crippen LogP contribution in [0.15, 0.2) is 35.4 Å². The molecule has 0 fully saturated rings. The fraction of sp³-hybridized carbons (Fsp3) is 0.182. The van der Waals surface area contributed by atoms with Crippen LogP contribution in [-0.4, -0.2) is 16.0 Å². The van der Waals surface area contributed by atoms with Crippen LogP contribution in [0.25, 0.3) is 5.69 Å². The first kappa shape index (κ1) is 11.0. The smallest absolute Gasteiger partial charge is 0.132 e. The maximum absolute atomic E-state index is 6.03. The lowest BCUT2D eigenvalue weighted by atomic mass is 10.3. The lowest BCUT2D eigenvalue weighted by Crippen LogP contribution is -2.04. The van der Waals surface area contributed by atoms with Crippen molar-refractivity contribution < 1.29 is 0 Å². The van der Waals surface area contributed by atoms with E-state index in [4.69, 9.17) is 11.5 Å². The van der Waals surface area contributed by atoms with E-state index in [0.717, 1.165) is 16.3 Å². The molecule has 5 heteroatoms. The molecule has 0 atom stereocenters. The third-order valence-corrected chi connectivity index (χ3v) is 3.10. The molecule has 0 saturated carbocycles. The number of nitrogen functional groups attached to an aromatic ring is 1. The third kappa shape index (κ3) is 1.79. The molecule has 1 heterocycles. The molecule has 0 aliphatic rings. The van der Waals surface area contributed by atoms with Gasteiger partial charge in [0, 0.05) is 12.1 Å². The molecular formula is C11H14N4S. The van der Waals surface area contributed by atoms with Gasteiger partial charge in [0.1, 0.15) is 10.8 Å². The van der Waals surface area contributed by atoms with Crippen LogP contribution in [0.2, 0.25) is 0 Å². The van der Waals surface area contributed by atoms with Crippen LogP contribution in [0.4, 0.5) is 5.82 Å². The molecule has 4 N–H and O–H groups in total. The van der Waals surface area contributed by atoms with Gasteiger partial charge < -0.3 is 11.5 Å². The second-order valence-electron chi connectivity index (χ2n) is 3.32. The highest BCUT2D eigenvalue weighted by Gasteiger charge is 2.14. The van der Waals surface area contributed by atoms with Gasteiger partial charge in [-0.25, -0.2) is 4.68 Å². The fourth-order valence-electron chi connectivity index (χ4n) is 1.56. The van der Waals surface area contributed by atoms with Crippen molar-refractivity contribution in [1.82, 2.24) is 9.78 Å². The quantitative estimate of drug-likeness (QED) is 0.792. The Morgan fingerprint density at radius 3 is 2.50 bits per heavy atom. The summed E-state index contributed by atoms with van der Waals surface area (Å²) >= 11 is 1.56. The molecule has 0 amide bonds. The van der Waals surface area contributed by atoms with Gasteiger partial charge >= 0.3 is 0 Å². The maximum Gasteiger partial charge on any atom is 0.132 e. The lowest BCUT2D eigenvalue weighted by molar-refractivity contribution is 0.844. The minimum Gasteiger partial charge on any atom is -0.383 e. The monoisotopic (exact) mass is 234 g/mol. The molecule has 2 aromatic rings. The summed E-state index contributed by atoms with van der Waals surface area (Å²) in [4.78, 5) is 0. The maximum atomic E-state index is 6.03. The summed E-state index contributed by atoms with van der Waals surface area (Å²) in [6.45, 7) is 0.412. The number of anilines is 1. The molecule has 0 aliphatic carbocycles. The van der Waals surface area contributed by atoms with E-state index in [2.05, 4.69) is 5.10 Å². The molecule has 0 radical (unpaired) electrons. The van der Waals surface area contributed by atoms with Gasteiger partial charge in [-0.05, 0) is 18.4 Å². The van der Waals surface area contributed by atoms with E-state index in [1.807, 2.05) is 36.6 Å². The summed E-state index contributed by atoms with van der Waals surface area (Å²) in [5, 5.41) is 5.34. The van der Waals surface area contributed by atoms with E-state index < -0.39 is 0 Å². The van der Waals surface area contributed by atoms with Crippen LogP contribution in [0.5, 0.6) is 0 Å². The average molecular weight is 234 g/mol. The average Bonchev–Trinajstić information content (AvgIpc) is 2.66. The third-order valence-electron chi connectivity index (χ3n) is 2.38. The van der Waals surface area contributed by atoms with Crippen LogP contribution in [0, 0.1) is 0 Å². The SMILES string of the molecule is CSc1nn(-c2ccccc2)c(N)c1CN. The van der Waals surface area contributed by atoms with E-state index in [-0.39, 0.29) is 0 Å². The van der Waals surface area contributed by atoms with Crippen LogP contribution in [0.1, 0.15) is 5.56 Å². The van der Waals surface area contributed by atoms with E-state index in [1.54, 1.807) is 16.4 Å².